The molecule has 0 atom stereocenters. The summed E-state index contributed by atoms with van der Waals surface area (Å²) < 4.78 is 4.69. The first-order valence-corrected chi connectivity index (χ1v) is 5.32. The molecule has 0 aromatic heterocycles. The van der Waals surface area contributed by atoms with E-state index >= 15 is 0 Å². The van der Waals surface area contributed by atoms with Crippen LogP contribution in [0.15, 0.2) is 0 Å². The van der Waals surface area contributed by atoms with Crippen LogP contribution in [0.5, 0.6) is 0 Å². The van der Waals surface area contributed by atoms with E-state index < -0.39 is 0 Å². The van der Waals surface area contributed by atoms with Gasteiger partial charge in [0, 0.05) is 0 Å². The van der Waals surface area contributed by atoms with Crippen molar-refractivity contribution in [3.8, 4) is 0 Å². The predicted octanol–water partition coefficient (Wildman–Crippen LogP) is 3.01. The van der Waals surface area contributed by atoms with Crippen LogP contribution in [0.2, 0.25) is 0 Å². The summed E-state index contributed by atoms with van der Waals surface area (Å²) in [6.45, 7) is 6.24. The molecule has 0 aromatic rings. The fraction of sp³-hybridized carbons (Fsp3) is 0.909. The van der Waals surface area contributed by atoms with E-state index in [-0.39, 0.29) is 11.9 Å². The lowest BCUT2D eigenvalue weighted by atomic mass is 9.83. The van der Waals surface area contributed by atoms with Gasteiger partial charge in [0.15, 0.2) is 0 Å². The molecule has 1 fully saturated rings. The van der Waals surface area contributed by atoms with Crippen LogP contribution < -0.4 is 0 Å². The molecule has 1 aliphatic rings. The number of rotatable bonds is 1. The maximum absolute atomic E-state index is 11.1. The second-order valence-corrected chi connectivity index (χ2v) is 3.48. The largest absolute Gasteiger partial charge is 0.469 e. The number of carbonyl (C=O) groups is 1. The summed E-state index contributed by atoms with van der Waals surface area (Å²) >= 11 is 0. The Labute approximate surface area is 81.7 Å². The normalized spacial score (nSPS) is 27.1. The number of hydrogen-bond donors (Lipinski definition) is 0. The van der Waals surface area contributed by atoms with E-state index in [2.05, 4.69) is 11.7 Å². The summed E-state index contributed by atoms with van der Waals surface area (Å²) in [5.74, 6) is 0.976. The number of hydrogen-bond acceptors (Lipinski definition) is 2. The Balaban J connectivity index is 0.000000671. The quantitative estimate of drug-likeness (QED) is 0.588. The molecule has 0 saturated heterocycles. The second-order valence-electron chi connectivity index (χ2n) is 3.48. The van der Waals surface area contributed by atoms with E-state index in [1.165, 1.54) is 20.0 Å². The molecule has 0 unspecified atom stereocenters. The van der Waals surface area contributed by atoms with Gasteiger partial charge < -0.3 is 4.74 Å². The van der Waals surface area contributed by atoms with E-state index in [1.54, 1.807) is 0 Å². The molecule has 0 radical (unpaired) electrons. The van der Waals surface area contributed by atoms with Crippen molar-refractivity contribution in [2.45, 2.75) is 46.5 Å². The number of methoxy groups -OCH3 is 1. The van der Waals surface area contributed by atoms with Crippen molar-refractivity contribution in [2.24, 2.45) is 11.8 Å². The van der Waals surface area contributed by atoms with Gasteiger partial charge in [-0.3, -0.25) is 4.79 Å². The molecule has 1 rings (SSSR count). The highest BCUT2D eigenvalue weighted by Crippen LogP contribution is 2.28. The highest BCUT2D eigenvalue weighted by atomic mass is 16.5. The lowest BCUT2D eigenvalue weighted by Gasteiger charge is -2.23. The molecule has 1 aliphatic carbocycles. The summed E-state index contributed by atoms with van der Waals surface area (Å²) in [7, 11) is 1.47. The highest BCUT2D eigenvalue weighted by molar-refractivity contribution is 5.72. The fourth-order valence-electron chi connectivity index (χ4n) is 1.66. The molecule has 2 heteroatoms. The third kappa shape index (κ3) is 4.30. The Kier molecular flexibility index (Phi) is 6.65. The van der Waals surface area contributed by atoms with Gasteiger partial charge in [0.2, 0.25) is 0 Å². The van der Waals surface area contributed by atoms with Crippen LogP contribution in [0.1, 0.15) is 46.5 Å². The van der Waals surface area contributed by atoms with Gasteiger partial charge >= 0.3 is 5.97 Å². The van der Waals surface area contributed by atoms with Crippen LogP contribution in [0.3, 0.4) is 0 Å². The molecule has 0 aliphatic heterocycles. The molecule has 0 amide bonds. The third-order valence-corrected chi connectivity index (χ3v) is 2.55. The lowest BCUT2D eigenvalue weighted by Crippen LogP contribution is -2.21. The Morgan fingerprint density at radius 1 is 1.15 bits per heavy atom. The van der Waals surface area contributed by atoms with Gasteiger partial charge in [-0.25, -0.2) is 0 Å². The summed E-state index contributed by atoms with van der Waals surface area (Å²) in [4.78, 5) is 11.1. The lowest BCUT2D eigenvalue weighted by molar-refractivity contribution is -0.146. The Morgan fingerprint density at radius 3 is 2.00 bits per heavy atom. The highest BCUT2D eigenvalue weighted by Gasteiger charge is 2.24. The molecule has 0 heterocycles. The van der Waals surface area contributed by atoms with Crippen molar-refractivity contribution in [1.29, 1.82) is 0 Å². The summed E-state index contributed by atoms with van der Waals surface area (Å²) in [5.41, 5.74) is 0. The molecular weight excluding hydrogens is 164 g/mol. The van der Waals surface area contributed by atoms with Crippen molar-refractivity contribution in [3.63, 3.8) is 0 Å². The van der Waals surface area contributed by atoms with Crippen molar-refractivity contribution in [3.05, 3.63) is 0 Å². The van der Waals surface area contributed by atoms with Crippen molar-refractivity contribution >= 4 is 5.97 Å². The van der Waals surface area contributed by atoms with E-state index in [9.17, 15) is 4.79 Å². The molecule has 0 bridgehead atoms. The predicted molar refractivity (Wildman–Crippen MR) is 54.5 cm³/mol. The first kappa shape index (κ1) is 12.5. The number of ether oxygens (including phenoxy) is 1. The van der Waals surface area contributed by atoms with Gasteiger partial charge in [-0.1, -0.05) is 20.8 Å². The van der Waals surface area contributed by atoms with Gasteiger partial charge in [-0.05, 0) is 31.6 Å². The van der Waals surface area contributed by atoms with Gasteiger partial charge in [-0.2, -0.15) is 0 Å². The summed E-state index contributed by atoms with van der Waals surface area (Å²) in [5, 5.41) is 0. The van der Waals surface area contributed by atoms with Crippen LogP contribution in [-0.2, 0) is 9.53 Å². The molecule has 78 valence electrons. The molecule has 0 N–H and O–H groups in total. The first-order chi connectivity index (χ1) is 6.24. The SMILES string of the molecule is CC.COC(=O)C1CCC(C)CC1. The van der Waals surface area contributed by atoms with Crippen LogP contribution in [0.4, 0.5) is 0 Å². The van der Waals surface area contributed by atoms with Gasteiger partial charge in [-0.15, -0.1) is 0 Å². The van der Waals surface area contributed by atoms with E-state index in [0.29, 0.717) is 0 Å². The zero-order valence-electron chi connectivity index (χ0n) is 9.30. The Bertz CT molecular complexity index is 135. The maximum Gasteiger partial charge on any atom is 0.308 e. The molecule has 2 nitrogen and oxygen atoms in total. The average molecular weight is 186 g/mol. The molecule has 1 saturated carbocycles. The van der Waals surface area contributed by atoms with E-state index in [0.717, 1.165) is 18.8 Å². The average Bonchev–Trinajstić information content (AvgIpc) is 2.21. The number of carbonyl (C=O) groups excluding carboxylic acids is 1. The third-order valence-electron chi connectivity index (χ3n) is 2.55. The maximum atomic E-state index is 11.1. The van der Waals surface area contributed by atoms with Crippen LogP contribution in [-0.4, -0.2) is 13.1 Å². The molecule has 0 spiro atoms. The van der Waals surface area contributed by atoms with Crippen LogP contribution in [0, 0.1) is 11.8 Å². The minimum atomic E-state index is -0.0168. The van der Waals surface area contributed by atoms with Crippen LogP contribution in [0.25, 0.3) is 0 Å². The zero-order valence-corrected chi connectivity index (χ0v) is 9.30. The standard InChI is InChI=1S/C9H16O2.C2H6/c1-7-3-5-8(6-4-7)9(10)11-2;1-2/h7-8H,3-6H2,1-2H3;1-2H3. The minimum absolute atomic E-state index is 0.0168. The van der Waals surface area contributed by atoms with E-state index in [4.69, 9.17) is 0 Å². The zero-order chi connectivity index (χ0) is 10.3. The Morgan fingerprint density at radius 2 is 1.62 bits per heavy atom. The summed E-state index contributed by atoms with van der Waals surface area (Å²) in [6.07, 6.45) is 4.40. The van der Waals surface area contributed by atoms with Crippen molar-refractivity contribution < 1.29 is 9.53 Å². The van der Waals surface area contributed by atoms with Crippen molar-refractivity contribution in [1.82, 2.24) is 0 Å². The van der Waals surface area contributed by atoms with Gasteiger partial charge in [0.05, 0.1) is 13.0 Å². The summed E-state index contributed by atoms with van der Waals surface area (Å²) in [6, 6.07) is 0. The Hall–Kier alpha value is -0.530. The second kappa shape index (κ2) is 6.93. The fourth-order valence-corrected chi connectivity index (χ4v) is 1.66. The topological polar surface area (TPSA) is 26.3 Å². The number of esters is 1. The van der Waals surface area contributed by atoms with Crippen molar-refractivity contribution in [2.75, 3.05) is 7.11 Å². The van der Waals surface area contributed by atoms with Gasteiger partial charge in [0.1, 0.15) is 0 Å². The molecular formula is C11H22O2. The monoisotopic (exact) mass is 186 g/mol. The van der Waals surface area contributed by atoms with Gasteiger partial charge in [0.25, 0.3) is 0 Å². The van der Waals surface area contributed by atoms with E-state index in [1.807, 2.05) is 13.8 Å². The first-order valence-electron chi connectivity index (χ1n) is 5.32. The molecule has 13 heavy (non-hydrogen) atoms. The smallest absolute Gasteiger partial charge is 0.308 e. The molecule has 0 aromatic carbocycles. The minimum Gasteiger partial charge on any atom is -0.469 e. The van der Waals surface area contributed by atoms with Crippen LogP contribution >= 0.6 is 0 Å².